The maximum Gasteiger partial charge on any atom is 0.332 e. The molecule has 1 heterocycles. The molecule has 5 nitrogen and oxygen atoms in total. The van der Waals surface area contributed by atoms with Gasteiger partial charge in [0.2, 0.25) is 0 Å². The van der Waals surface area contributed by atoms with Crippen LogP contribution in [0.3, 0.4) is 0 Å². The van der Waals surface area contributed by atoms with Gasteiger partial charge in [-0.05, 0) is 18.2 Å². The van der Waals surface area contributed by atoms with Crippen LogP contribution in [0.1, 0.15) is 18.9 Å². The van der Waals surface area contributed by atoms with Crippen molar-refractivity contribution in [2.45, 2.75) is 13.3 Å². The minimum Gasteiger partial charge on any atom is -0.582 e. The molecule has 0 aliphatic carbocycles. The monoisotopic (exact) mass is 279 g/mol. The van der Waals surface area contributed by atoms with E-state index in [2.05, 4.69) is 10.3 Å². The molecule has 1 aromatic carbocycles. The third-order valence-corrected chi connectivity index (χ3v) is 3.26. The Morgan fingerprint density at radius 3 is 2.80 bits per heavy atom. The van der Waals surface area contributed by atoms with Crippen LogP contribution in [0.25, 0.3) is 0 Å². The first-order valence-corrected chi connectivity index (χ1v) is 6.75. The van der Waals surface area contributed by atoms with E-state index in [-0.39, 0.29) is 17.6 Å². The molecule has 2 rings (SSSR count). The van der Waals surface area contributed by atoms with Crippen LogP contribution < -0.4 is 10.2 Å². The molecule has 0 spiro atoms. The Balaban J connectivity index is 2.26. The molecular weight excluding hydrogens is 259 g/mol. The lowest BCUT2D eigenvalue weighted by Crippen LogP contribution is -2.43. The fourth-order valence-electron chi connectivity index (χ4n) is 2.09. The van der Waals surface area contributed by atoms with E-state index in [0.29, 0.717) is 17.7 Å². The highest BCUT2D eigenvalue weighted by Crippen LogP contribution is 2.22. The zero-order chi connectivity index (χ0) is 14.5. The highest BCUT2D eigenvalue weighted by molar-refractivity contribution is 6.03. The Kier molecular flexibility index (Phi) is 4.68. The third kappa shape index (κ3) is 3.33. The Bertz CT molecular complexity index is 524. The van der Waals surface area contributed by atoms with Crippen molar-refractivity contribution in [1.29, 1.82) is 5.41 Å². The van der Waals surface area contributed by atoms with Crippen LogP contribution in [-0.4, -0.2) is 43.0 Å². The molecule has 1 aliphatic rings. The Morgan fingerprint density at radius 1 is 1.45 bits per heavy atom. The van der Waals surface area contributed by atoms with Crippen LogP contribution >= 0.6 is 0 Å². The highest BCUT2D eigenvalue weighted by atomic mass is 19.1. The van der Waals surface area contributed by atoms with Crippen LogP contribution in [-0.2, 0) is 0 Å². The minimum absolute atomic E-state index is 0.00762. The first kappa shape index (κ1) is 14.5. The van der Waals surface area contributed by atoms with Crippen LogP contribution in [0.2, 0.25) is 0 Å². The Hall–Kier alpha value is -1.95. The maximum atomic E-state index is 13.9. The summed E-state index contributed by atoms with van der Waals surface area (Å²) in [4.78, 5) is 5.86. The summed E-state index contributed by atoms with van der Waals surface area (Å²) in [6.45, 7) is 4.96. The average molecular weight is 279 g/mol. The zero-order valence-corrected chi connectivity index (χ0v) is 11.5. The number of nitrogens with zero attached hydrogens (tertiary/aromatic N) is 2. The maximum absolute atomic E-state index is 13.9. The first-order valence-electron chi connectivity index (χ1n) is 6.75. The summed E-state index contributed by atoms with van der Waals surface area (Å²) < 4.78 is 13.9. The van der Waals surface area contributed by atoms with E-state index >= 15 is 0 Å². The van der Waals surface area contributed by atoms with Gasteiger partial charge in [0.1, 0.15) is 5.82 Å². The molecule has 1 aliphatic heterocycles. The van der Waals surface area contributed by atoms with Gasteiger partial charge in [0, 0.05) is 31.7 Å². The summed E-state index contributed by atoms with van der Waals surface area (Å²) in [6.07, 6.45) is 0.480. The fourth-order valence-corrected chi connectivity index (χ4v) is 2.09. The summed E-state index contributed by atoms with van der Waals surface area (Å²) in [7, 11) is 0. The van der Waals surface area contributed by atoms with Crippen molar-refractivity contribution in [2.75, 3.05) is 31.1 Å². The molecular formula is C14H20FN4O+. The molecule has 0 saturated carbocycles. The normalized spacial score (nSPS) is 16.3. The van der Waals surface area contributed by atoms with Crippen LogP contribution in [0.5, 0.6) is 0 Å². The van der Waals surface area contributed by atoms with Crippen LogP contribution in [0, 0.1) is 11.2 Å². The SMILES string of the molecule is CCC([OH2+])=NC(=N)c1ccc(F)c(N2CCNCC2)c1. The molecule has 1 saturated heterocycles. The summed E-state index contributed by atoms with van der Waals surface area (Å²) >= 11 is 0. The number of amidine groups is 1. The highest BCUT2D eigenvalue weighted by Gasteiger charge is 2.16. The van der Waals surface area contributed by atoms with Crippen molar-refractivity contribution >= 4 is 17.4 Å². The zero-order valence-electron chi connectivity index (χ0n) is 11.5. The predicted octanol–water partition coefficient (Wildman–Crippen LogP) is 1.09. The molecule has 4 N–H and O–H groups in total. The van der Waals surface area contributed by atoms with Gasteiger partial charge >= 0.3 is 5.90 Å². The number of nitrogens with one attached hydrogen (secondary N) is 2. The predicted molar refractivity (Wildman–Crippen MR) is 79.7 cm³/mol. The van der Waals surface area contributed by atoms with Crippen molar-refractivity contribution in [2.24, 2.45) is 4.99 Å². The third-order valence-electron chi connectivity index (χ3n) is 3.26. The molecule has 108 valence electrons. The smallest absolute Gasteiger partial charge is 0.332 e. The van der Waals surface area contributed by atoms with Gasteiger partial charge in [-0.2, -0.15) is 4.99 Å². The molecule has 20 heavy (non-hydrogen) atoms. The van der Waals surface area contributed by atoms with Gasteiger partial charge in [-0.1, -0.05) is 6.92 Å². The van der Waals surface area contributed by atoms with Gasteiger partial charge in [0.25, 0.3) is 0 Å². The average Bonchev–Trinajstić information content (AvgIpc) is 2.48. The second kappa shape index (κ2) is 6.47. The quantitative estimate of drug-likeness (QED) is 0.494. The van der Waals surface area contributed by atoms with E-state index in [1.165, 1.54) is 12.1 Å². The Labute approximate surface area is 117 Å². The topological polar surface area (TPSA) is 74.4 Å². The second-order valence-corrected chi connectivity index (χ2v) is 4.66. The molecule has 0 unspecified atom stereocenters. The molecule has 0 radical (unpaired) electrons. The van der Waals surface area contributed by atoms with Crippen molar-refractivity contribution < 1.29 is 9.50 Å². The van der Waals surface area contributed by atoms with E-state index in [1.54, 1.807) is 6.07 Å². The summed E-state index contributed by atoms with van der Waals surface area (Å²) in [6, 6.07) is 4.55. The summed E-state index contributed by atoms with van der Waals surface area (Å²) in [5.41, 5.74) is 1.05. The van der Waals surface area contributed by atoms with Crippen LogP contribution in [0.4, 0.5) is 10.1 Å². The number of hydrogen-bond acceptors (Lipinski definition) is 3. The standard InChI is InChI=1S/C14H19FN4O/c1-2-13(20)18-14(16)10-3-4-11(15)12(9-10)19-7-5-17-6-8-19/h3-4,9,17H,2,5-8H2,1H3,(H2,16,18,20)/p+1. The number of rotatable bonds is 3. The lowest BCUT2D eigenvalue weighted by atomic mass is 10.1. The largest absolute Gasteiger partial charge is 0.582 e. The van der Waals surface area contributed by atoms with Gasteiger partial charge < -0.3 is 15.3 Å². The van der Waals surface area contributed by atoms with E-state index in [0.717, 1.165) is 26.2 Å². The van der Waals surface area contributed by atoms with Crippen molar-refractivity contribution in [3.8, 4) is 0 Å². The first-order chi connectivity index (χ1) is 9.61. The summed E-state index contributed by atoms with van der Waals surface area (Å²) in [5.74, 6) is -0.120. The minimum atomic E-state index is -0.283. The molecule has 0 atom stereocenters. The van der Waals surface area contributed by atoms with Gasteiger partial charge in [-0.25, -0.2) is 4.39 Å². The lowest BCUT2D eigenvalue weighted by molar-refractivity contribution is 0.537. The van der Waals surface area contributed by atoms with E-state index in [1.807, 2.05) is 11.8 Å². The molecule has 0 aromatic heterocycles. The van der Waals surface area contributed by atoms with Gasteiger partial charge in [0.05, 0.1) is 12.1 Å². The van der Waals surface area contributed by atoms with E-state index in [4.69, 9.17) is 10.5 Å². The van der Waals surface area contributed by atoms with E-state index < -0.39 is 0 Å². The summed E-state index contributed by atoms with van der Waals surface area (Å²) in [5, 5.41) is 18.6. The van der Waals surface area contributed by atoms with Crippen molar-refractivity contribution in [1.82, 2.24) is 5.32 Å². The molecule has 0 bridgehead atoms. The lowest BCUT2D eigenvalue weighted by Gasteiger charge is -2.29. The number of aliphatic imine (C=N–C) groups is 1. The molecule has 1 fully saturated rings. The van der Waals surface area contributed by atoms with Gasteiger partial charge in [0.15, 0.2) is 5.84 Å². The molecule has 1 aromatic rings. The number of halogens is 1. The number of benzene rings is 1. The van der Waals surface area contributed by atoms with E-state index in [9.17, 15) is 4.39 Å². The number of hydrogen-bond donors (Lipinski definition) is 2. The van der Waals surface area contributed by atoms with Crippen molar-refractivity contribution in [3.63, 3.8) is 0 Å². The molecule has 6 heteroatoms. The second-order valence-electron chi connectivity index (χ2n) is 4.66. The van der Waals surface area contributed by atoms with Crippen LogP contribution in [0.15, 0.2) is 23.2 Å². The van der Waals surface area contributed by atoms with Crippen molar-refractivity contribution in [3.05, 3.63) is 29.6 Å². The van der Waals surface area contributed by atoms with Gasteiger partial charge in [-0.3, -0.25) is 5.41 Å². The Morgan fingerprint density at radius 2 is 2.15 bits per heavy atom. The number of anilines is 1. The fraction of sp³-hybridized carbons (Fsp3) is 0.429. The number of piperazine rings is 1. The molecule has 0 amide bonds. The van der Waals surface area contributed by atoms with Gasteiger partial charge in [-0.15, -0.1) is 0 Å².